The van der Waals surface area contributed by atoms with Crippen molar-refractivity contribution < 1.29 is 48.0 Å². The van der Waals surface area contributed by atoms with Gasteiger partial charge in [-0.05, 0) is 36.1 Å². The third-order valence-corrected chi connectivity index (χ3v) is 5.52. The second kappa shape index (κ2) is 11.1. The average molecular weight is 512 g/mol. The lowest BCUT2D eigenvalue weighted by atomic mass is 9.81. The highest BCUT2D eigenvalue weighted by Crippen LogP contribution is 2.35. The van der Waals surface area contributed by atoms with Crippen molar-refractivity contribution in [2.45, 2.75) is 24.5 Å². The van der Waals surface area contributed by atoms with Crippen molar-refractivity contribution in [3.8, 4) is 0 Å². The number of benzene rings is 2. The third kappa shape index (κ3) is 6.44. The van der Waals surface area contributed by atoms with Gasteiger partial charge in [-0.3, -0.25) is 0 Å². The van der Waals surface area contributed by atoms with Gasteiger partial charge < -0.3 is 24.5 Å². The van der Waals surface area contributed by atoms with Gasteiger partial charge in [0.05, 0.1) is 6.54 Å². The molecule has 2 heterocycles. The molecule has 2 unspecified atom stereocenters. The van der Waals surface area contributed by atoms with Crippen molar-refractivity contribution in [1.29, 1.82) is 0 Å². The molecule has 2 aliphatic heterocycles. The van der Waals surface area contributed by atoms with E-state index in [0.717, 1.165) is 24.3 Å². The first kappa shape index (κ1) is 25.7. The Balaban J connectivity index is 1.70. The second-order valence-electron chi connectivity index (χ2n) is 8.03. The van der Waals surface area contributed by atoms with Crippen molar-refractivity contribution in [2.24, 2.45) is 0 Å². The highest BCUT2D eigenvalue weighted by atomic mass is 19.1. The monoisotopic (exact) mass is 512 g/mol. The van der Waals surface area contributed by atoms with Crippen LogP contribution in [0.3, 0.4) is 0 Å². The molecule has 37 heavy (non-hydrogen) atoms. The maximum Gasteiger partial charge on any atom is 0.353 e. The summed E-state index contributed by atoms with van der Waals surface area (Å²) in [7, 11) is 0. The van der Waals surface area contributed by atoms with Gasteiger partial charge in [-0.25, -0.2) is 23.6 Å². The number of hydrogen-bond acceptors (Lipinski definition) is 11. The molecule has 2 aromatic carbocycles. The number of hydrogen-bond donors (Lipinski definition) is 1. The fourth-order valence-corrected chi connectivity index (χ4v) is 3.74. The number of nitrogens with zero attached hydrogens (tertiary/aromatic N) is 2. The Bertz CT molecular complexity index is 1190. The molecule has 11 nitrogen and oxygen atoms in total. The summed E-state index contributed by atoms with van der Waals surface area (Å²) in [6.07, 6.45) is 2.75. The molecule has 4 rings (SSSR count). The van der Waals surface area contributed by atoms with Crippen LogP contribution in [0.15, 0.2) is 78.9 Å². The van der Waals surface area contributed by atoms with Gasteiger partial charge in [0.15, 0.2) is 0 Å². The average Bonchev–Trinajstić information content (AvgIpc) is 2.88. The minimum absolute atomic E-state index is 0.0810. The summed E-state index contributed by atoms with van der Waals surface area (Å²) in [4.78, 5) is 68.7. The molecule has 0 aliphatic carbocycles. The summed E-state index contributed by atoms with van der Waals surface area (Å²) in [6.45, 7) is -0.450. The number of hydroxylamine groups is 4. The predicted molar refractivity (Wildman–Crippen MR) is 120 cm³/mol. The van der Waals surface area contributed by atoms with Crippen LogP contribution in [-0.4, -0.2) is 52.0 Å². The molecule has 0 saturated heterocycles. The predicted octanol–water partition coefficient (Wildman–Crippen LogP) is 1.79. The summed E-state index contributed by atoms with van der Waals surface area (Å²) >= 11 is 0. The fourth-order valence-electron chi connectivity index (χ4n) is 3.74. The largest absolute Gasteiger partial charge is 0.380 e. The van der Waals surface area contributed by atoms with Gasteiger partial charge in [-0.2, -0.15) is 0 Å². The van der Waals surface area contributed by atoms with Gasteiger partial charge in [-0.1, -0.05) is 42.5 Å². The van der Waals surface area contributed by atoms with Crippen LogP contribution in [0, 0.1) is 5.82 Å². The first-order chi connectivity index (χ1) is 17.7. The van der Waals surface area contributed by atoms with Gasteiger partial charge in [0.25, 0.3) is 0 Å². The van der Waals surface area contributed by atoms with E-state index >= 15 is 0 Å². The van der Waals surface area contributed by atoms with Crippen LogP contribution in [0.2, 0.25) is 0 Å². The van der Waals surface area contributed by atoms with Crippen LogP contribution >= 0.6 is 0 Å². The summed E-state index contributed by atoms with van der Waals surface area (Å²) in [6, 6.07) is 12.7. The zero-order chi connectivity index (χ0) is 26.4. The number of halogens is 1. The highest BCUT2D eigenvalue weighted by Gasteiger charge is 2.38. The highest BCUT2D eigenvalue weighted by molar-refractivity contribution is 5.92. The molecule has 192 valence electrons. The van der Waals surface area contributed by atoms with E-state index in [2.05, 4.69) is 0 Å². The number of rotatable bonds is 5. The third-order valence-electron chi connectivity index (χ3n) is 5.52. The molecule has 1 N–H and O–H groups in total. The lowest BCUT2D eigenvalue weighted by molar-refractivity contribution is -0.372. The smallest absolute Gasteiger partial charge is 0.353 e. The Morgan fingerprint density at radius 3 is 1.78 bits per heavy atom. The Labute approximate surface area is 209 Å². The minimum atomic E-state index is -1.67. The molecular weight excluding hydrogens is 491 g/mol. The molecule has 12 heteroatoms. The molecular formula is C25H21FN2O9. The second-order valence-corrected chi connectivity index (χ2v) is 8.03. The quantitative estimate of drug-likeness (QED) is 0.629. The topological polar surface area (TPSA) is 132 Å². The lowest BCUT2D eigenvalue weighted by Crippen LogP contribution is -2.48. The van der Waals surface area contributed by atoms with E-state index in [0.29, 0.717) is 21.6 Å². The first-order valence-corrected chi connectivity index (χ1v) is 11.1. The van der Waals surface area contributed by atoms with Crippen LogP contribution in [0.5, 0.6) is 0 Å². The van der Waals surface area contributed by atoms with Crippen LogP contribution in [0.25, 0.3) is 0 Å². The molecule has 0 aromatic heterocycles. The van der Waals surface area contributed by atoms with Crippen LogP contribution < -0.4 is 0 Å². The Hall–Kier alpha value is -4.39. The van der Waals surface area contributed by atoms with E-state index in [-0.39, 0.29) is 12.8 Å². The molecule has 2 bridgehead atoms. The summed E-state index contributed by atoms with van der Waals surface area (Å²) in [5.41, 5.74) is -0.829. The fraction of sp³-hybridized carbons (Fsp3) is 0.200. The SMILES string of the molecule is O=C1/C=C\C(=O)ON2OC(=O)/C=C\C(=O)ON(CC2CCC(O)(c2ccccc2)c2ccc(F)cc2)O1. The molecule has 0 radical (unpaired) electrons. The van der Waals surface area contributed by atoms with Gasteiger partial charge in [0, 0.05) is 34.8 Å². The van der Waals surface area contributed by atoms with Crippen molar-refractivity contribution >= 4 is 23.9 Å². The molecule has 0 amide bonds. The molecule has 0 saturated carbocycles. The molecule has 0 spiro atoms. The van der Waals surface area contributed by atoms with Crippen LogP contribution in [0.1, 0.15) is 24.0 Å². The van der Waals surface area contributed by atoms with Crippen LogP contribution in [0.4, 0.5) is 4.39 Å². The normalized spacial score (nSPS) is 25.5. The standard InChI is InChI=1S/C25H21FN2O9/c26-19-8-6-18(7-9-19)25(33,17-4-2-1-3-5-17)15-14-20-16-27-34-21(29)10-12-23(31)36-28(20)37-24(32)13-11-22(30)35-27/h1-13,20,33H,14-16H2/b12-10-,13-11-. The molecule has 2 aromatic rings. The maximum atomic E-state index is 13.6. The first-order valence-electron chi connectivity index (χ1n) is 11.1. The summed E-state index contributed by atoms with van der Waals surface area (Å²) in [5.74, 6) is -4.69. The van der Waals surface area contributed by atoms with E-state index in [9.17, 15) is 28.7 Å². The molecule has 0 fully saturated rings. The van der Waals surface area contributed by atoms with Crippen LogP contribution in [-0.2, 0) is 44.1 Å². The van der Waals surface area contributed by atoms with E-state index in [1.807, 2.05) is 0 Å². The molecule has 2 atom stereocenters. The lowest BCUT2D eigenvalue weighted by Gasteiger charge is -2.34. The van der Waals surface area contributed by atoms with Crippen molar-refractivity contribution in [3.05, 3.63) is 95.8 Å². The van der Waals surface area contributed by atoms with E-state index in [4.69, 9.17) is 19.4 Å². The Morgan fingerprint density at radius 2 is 1.24 bits per heavy atom. The Morgan fingerprint density at radius 1 is 0.757 bits per heavy atom. The number of aliphatic hydroxyl groups is 1. The zero-order valence-electron chi connectivity index (χ0n) is 19.2. The van der Waals surface area contributed by atoms with Gasteiger partial charge in [-0.15, -0.1) is 0 Å². The van der Waals surface area contributed by atoms with E-state index in [1.54, 1.807) is 30.3 Å². The van der Waals surface area contributed by atoms with Gasteiger partial charge in [0.1, 0.15) is 17.5 Å². The van der Waals surface area contributed by atoms with Gasteiger partial charge in [0.2, 0.25) is 0 Å². The minimum Gasteiger partial charge on any atom is -0.380 e. The summed E-state index contributed by atoms with van der Waals surface area (Å²) in [5, 5.41) is 13.0. The maximum absolute atomic E-state index is 13.6. The van der Waals surface area contributed by atoms with Crippen molar-refractivity contribution in [2.75, 3.05) is 6.54 Å². The Kier molecular flexibility index (Phi) is 7.72. The van der Waals surface area contributed by atoms with Crippen molar-refractivity contribution in [1.82, 2.24) is 10.5 Å². The number of fused-ring (bicyclic) bond motifs is 3. The molecule has 2 aliphatic rings. The van der Waals surface area contributed by atoms with E-state index < -0.39 is 47.9 Å². The van der Waals surface area contributed by atoms with Crippen molar-refractivity contribution in [3.63, 3.8) is 0 Å². The van der Waals surface area contributed by atoms with E-state index in [1.165, 1.54) is 24.3 Å². The number of carbonyl (C=O) groups is 4. The van der Waals surface area contributed by atoms with Gasteiger partial charge >= 0.3 is 23.9 Å². The zero-order valence-corrected chi connectivity index (χ0v) is 19.2. The summed E-state index contributed by atoms with van der Waals surface area (Å²) < 4.78 is 13.6. The number of carbonyl (C=O) groups excluding carboxylic acids is 4.